The van der Waals surface area contributed by atoms with E-state index in [9.17, 15) is 4.79 Å². The summed E-state index contributed by atoms with van der Waals surface area (Å²) in [7, 11) is 0. The molecular weight excluding hydrogens is 244 g/mol. The van der Waals surface area contributed by atoms with Crippen LogP contribution >= 0.6 is 0 Å². The number of aliphatic carboxylic acids is 1. The standard InChI is InChI=1S/C13H16N4O2/c14-11-7-10(16-12-5-6-15-17(11)12)8-1-3-9(4-2-8)13(18)19/h5-9H,1-4,14H2,(H,18,19). The van der Waals surface area contributed by atoms with Gasteiger partial charge in [-0.15, -0.1) is 0 Å². The molecule has 1 aliphatic carbocycles. The van der Waals surface area contributed by atoms with Crippen molar-refractivity contribution in [1.29, 1.82) is 0 Å². The second-order valence-corrected chi connectivity index (χ2v) is 5.09. The Kier molecular flexibility index (Phi) is 2.85. The van der Waals surface area contributed by atoms with Gasteiger partial charge in [0, 0.05) is 23.7 Å². The van der Waals surface area contributed by atoms with Crippen molar-refractivity contribution in [2.24, 2.45) is 5.92 Å². The number of aromatic nitrogens is 3. The van der Waals surface area contributed by atoms with Gasteiger partial charge in [-0.2, -0.15) is 9.61 Å². The molecule has 1 fully saturated rings. The maximum Gasteiger partial charge on any atom is 0.306 e. The lowest BCUT2D eigenvalue weighted by molar-refractivity contribution is -0.142. The number of carbonyl (C=O) groups is 1. The van der Waals surface area contributed by atoms with Gasteiger partial charge >= 0.3 is 5.97 Å². The zero-order valence-electron chi connectivity index (χ0n) is 10.5. The van der Waals surface area contributed by atoms with E-state index in [4.69, 9.17) is 10.8 Å². The number of anilines is 1. The van der Waals surface area contributed by atoms with Crippen LogP contribution in [0.3, 0.4) is 0 Å². The van der Waals surface area contributed by atoms with E-state index in [1.165, 1.54) is 0 Å². The topological polar surface area (TPSA) is 93.5 Å². The summed E-state index contributed by atoms with van der Waals surface area (Å²) in [6, 6.07) is 3.68. The van der Waals surface area contributed by atoms with Gasteiger partial charge in [0.25, 0.3) is 0 Å². The minimum Gasteiger partial charge on any atom is -0.481 e. The van der Waals surface area contributed by atoms with Crippen LogP contribution in [0.5, 0.6) is 0 Å². The fourth-order valence-corrected chi connectivity index (χ4v) is 2.80. The van der Waals surface area contributed by atoms with Crippen molar-refractivity contribution in [2.45, 2.75) is 31.6 Å². The molecule has 2 aromatic heterocycles. The lowest BCUT2D eigenvalue weighted by Crippen LogP contribution is -2.21. The molecule has 0 saturated heterocycles. The predicted molar refractivity (Wildman–Crippen MR) is 69.7 cm³/mol. The van der Waals surface area contributed by atoms with E-state index in [1.807, 2.05) is 12.1 Å². The highest BCUT2D eigenvalue weighted by atomic mass is 16.4. The molecule has 1 aliphatic rings. The predicted octanol–water partition coefficient (Wildman–Crippen LogP) is 1.67. The normalized spacial score (nSPS) is 23.6. The first-order valence-electron chi connectivity index (χ1n) is 6.48. The summed E-state index contributed by atoms with van der Waals surface area (Å²) in [5, 5.41) is 13.1. The van der Waals surface area contributed by atoms with Crippen LogP contribution in [0, 0.1) is 5.92 Å². The monoisotopic (exact) mass is 260 g/mol. The van der Waals surface area contributed by atoms with Crippen molar-refractivity contribution in [3.05, 3.63) is 24.0 Å². The fourth-order valence-electron chi connectivity index (χ4n) is 2.80. The third-order valence-electron chi connectivity index (χ3n) is 3.90. The van der Waals surface area contributed by atoms with E-state index in [1.54, 1.807) is 10.7 Å². The van der Waals surface area contributed by atoms with Gasteiger partial charge in [-0.05, 0) is 25.7 Å². The highest BCUT2D eigenvalue weighted by Crippen LogP contribution is 2.35. The lowest BCUT2D eigenvalue weighted by Gasteiger charge is -2.25. The van der Waals surface area contributed by atoms with Crippen LogP contribution in [-0.2, 0) is 4.79 Å². The Balaban J connectivity index is 1.83. The van der Waals surface area contributed by atoms with Crippen molar-refractivity contribution >= 4 is 17.4 Å². The van der Waals surface area contributed by atoms with Crippen LogP contribution in [0.15, 0.2) is 18.3 Å². The minimum atomic E-state index is -0.683. The van der Waals surface area contributed by atoms with Crippen molar-refractivity contribution in [2.75, 3.05) is 5.73 Å². The Labute approximate surface area is 110 Å². The van der Waals surface area contributed by atoms with Crippen molar-refractivity contribution in [3.8, 4) is 0 Å². The quantitative estimate of drug-likeness (QED) is 0.856. The number of carboxylic acid groups (broad SMARTS) is 1. The lowest BCUT2D eigenvalue weighted by atomic mass is 9.80. The van der Waals surface area contributed by atoms with Crippen molar-refractivity contribution < 1.29 is 9.90 Å². The number of hydrogen-bond acceptors (Lipinski definition) is 4. The van der Waals surface area contributed by atoms with E-state index >= 15 is 0 Å². The zero-order chi connectivity index (χ0) is 13.4. The van der Waals surface area contributed by atoms with Gasteiger partial charge in [-0.25, -0.2) is 4.98 Å². The molecule has 100 valence electrons. The summed E-state index contributed by atoms with van der Waals surface area (Å²) >= 11 is 0. The second kappa shape index (κ2) is 4.53. The molecule has 6 nitrogen and oxygen atoms in total. The molecule has 0 aliphatic heterocycles. The van der Waals surface area contributed by atoms with Gasteiger partial charge < -0.3 is 10.8 Å². The van der Waals surface area contributed by atoms with Gasteiger partial charge in [0.05, 0.1) is 12.1 Å². The number of rotatable bonds is 2. The Bertz CT molecular complexity index is 614. The van der Waals surface area contributed by atoms with Gasteiger partial charge in [0.15, 0.2) is 5.65 Å². The smallest absolute Gasteiger partial charge is 0.306 e. The number of carboxylic acids is 1. The molecule has 19 heavy (non-hydrogen) atoms. The Morgan fingerprint density at radius 3 is 2.79 bits per heavy atom. The number of hydrogen-bond donors (Lipinski definition) is 2. The SMILES string of the molecule is Nc1cc(C2CCC(C(=O)O)CC2)nc2ccnn12. The Morgan fingerprint density at radius 1 is 1.37 bits per heavy atom. The number of nitrogens with two attached hydrogens (primary N) is 1. The molecule has 2 aromatic rings. The summed E-state index contributed by atoms with van der Waals surface area (Å²) < 4.78 is 1.60. The largest absolute Gasteiger partial charge is 0.481 e. The average Bonchev–Trinajstić information content (AvgIpc) is 2.87. The number of nitrogen functional groups attached to an aromatic ring is 1. The molecule has 2 heterocycles. The molecule has 0 bridgehead atoms. The van der Waals surface area contributed by atoms with Crippen LogP contribution in [-0.4, -0.2) is 25.7 Å². The van der Waals surface area contributed by atoms with Crippen molar-refractivity contribution in [3.63, 3.8) is 0 Å². The Morgan fingerprint density at radius 2 is 2.11 bits per heavy atom. The summed E-state index contributed by atoms with van der Waals surface area (Å²) in [6.45, 7) is 0. The summed E-state index contributed by atoms with van der Waals surface area (Å²) in [6.07, 6.45) is 4.81. The van der Waals surface area contributed by atoms with Crippen molar-refractivity contribution in [1.82, 2.24) is 14.6 Å². The highest BCUT2D eigenvalue weighted by Gasteiger charge is 2.27. The molecule has 0 aromatic carbocycles. The van der Waals surface area contributed by atoms with E-state index in [-0.39, 0.29) is 5.92 Å². The van der Waals surface area contributed by atoms with Gasteiger partial charge in [0.2, 0.25) is 0 Å². The third-order valence-corrected chi connectivity index (χ3v) is 3.90. The van der Waals surface area contributed by atoms with Crippen LogP contribution in [0.4, 0.5) is 5.82 Å². The van der Waals surface area contributed by atoms with E-state index in [2.05, 4.69) is 10.1 Å². The summed E-state index contributed by atoms with van der Waals surface area (Å²) in [4.78, 5) is 15.5. The van der Waals surface area contributed by atoms with Crippen LogP contribution in [0.2, 0.25) is 0 Å². The van der Waals surface area contributed by atoms with E-state index in [0.717, 1.165) is 24.2 Å². The third kappa shape index (κ3) is 2.14. The van der Waals surface area contributed by atoms with Crippen LogP contribution < -0.4 is 5.73 Å². The first-order chi connectivity index (χ1) is 9.15. The first kappa shape index (κ1) is 12.0. The van der Waals surface area contributed by atoms with Gasteiger partial charge in [0.1, 0.15) is 5.82 Å². The molecule has 6 heteroatoms. The van der Waals surface area contributed by atoms with Gasteiger partial charge in [-0.1, -0.05) is 0 Å². The summed E-state index contributed by atoms with van der Waals surface area (Å²) in [5.41, 5.74) is 7.65. The second-order valence-electron chi connectivity index (χ2n) is 5.09. The fraction of sp³-hybridized carbons (Fsp3) is 0.462. The van der Waals surface area contributed by atoms with E-state index in [0.29, 0.717) is 24.6 Å². The number of nitrogens with zero attached hydrogens (tertiary/aromatic N) is 3. The molecule has 0 radical (unpaired) electrons. The maximum absolute atomic E-state index is 10.9. The molecule has 0 spiro atoms. The molecule has 0 unspecified atom stereocenters. The molecular formula is C13H16N4O2. The van der Waals surface area contributed by atoms with Crippen LogP contribution in [0.25, 0.3) is 5.65 Å². The minimum absolute atomic E-state index is 0.202. The molecule has 3 N–H and O–H groups in total. The zero-order valence-corrected chi connectivity index (χ0v) is 10.5. The molecule has 0 amide bonds. The number of fused-ring (bicyclic) bond motifs is 1. The molecule has 0 atom stereocenters. The molecule has 1 saturated carbocycles. The molecule has 3 rings (SSSR count). The Hall–Kier alpha value is -2.11. The first-order valence-corrected chi connectivity index (χ1v) is 6.48. The van der Waals surface area contributed by atoms with Gasteiger partial charge in [-0.3, -0.25) is 4.79 Å². The highest BCUT2D eigenvalue weighted by molar-refractivity contribution is 5.70. The van der Waals surface area contributed by atoms with E-state index < -0.39 is 5.97 Å². The van der Waals surface area contributed by atoms with Crippen LogP contribution in [0.1, 0.15) is 37.3 Å². The summed E-state index contributed by atoms with van der Waals surface area (Å²) in [5.74, 6) is -0.00683. The average molecular weight is 260 g/mol. The maximum atomic E-state index is 10.9.